The van der Waals surface area contributed by atoms with E-state index in [4.69, 9.17) is 4.74 Å². The Balaban J connectivity index is 2.24. The second kappa shape index (κ2) is 4.52. The summed E-state index contributed by atoms with van der Waals surface area (Å²) in [5, 5.41) is 1.08. The third-order valence-corrected chi connectivity index (χ3v) is 3.76. The van der Waals surface area contributed by atoms with E-state index < -0.39 is 5.60 Å². The highest BCUT2D eigenvalue weighted by Gasteiger charge is 2.40. The van der Waals surface area contributed by atoms with E-state index in [1.807, 2.05) is 54.8 Å². The summed E-state index contributed by atoms with van der Waals surface area (Å²) in [6.07, 6.45) is 10.5. The lowest BCUT2D eigenvalue weighted by molar-refractivity contribution is -0.117. The molecule has 96 valence electrons. The summed E-state index contributed by atoms with van der Waals surface area (Å²) in [6, 6.07) is 8.02. The molecule has 3 heteroatoms. The zero-order chi connectivity index (χ0) is 13.3. The predicted octanol–water partition coefficient (Wildman–Crippen LogP) is 2.95. The summed E-state index contributed by atoms with van der Waals surface area (Å²) in [7, 11) is 1.64. The SMILES string of the molecule is COC1(c2c[nH]c3ccccc23)C=CC=CC1C=O. The maximum absolute atomic E-state index is 11.4. The molecule has 0 saturated carbocycles. The van der Waals surface area contributed by atoms with Crippen molar-refractivity contribution in [2.24, 2.45) is 5.92 Å². The molecule has 1 aromatic carbocycles. The molecule has 2 atom stereocenters. The van der Waals surface area contributed by atoms with Crippen molar-refractivity contribution in [2.45, 2.75) is 5.60 Å². The predicted molar refractivity (Wildman–Crippen MR) is 74.8 cm³/mol. The lowest BCUT2D eigenvalue weighted by Gasteiger charge is -2.34. The molecule has 0 bridgehead atoms. The largest absolute Gasteiger partial charge is 0.368 e. The van der Waals surface area contributed by atoms with E-state index >= 15 is 0 Å². The molecule has 0 aliphatic heterocycles. The number of aromatic nitrogens is 1. The quantitative estimate of drug-likeness (QED) is 0.854. The highest BCUT2D eigenvalue weighted by atomic mass is 16.5. The summed E-state index contributed by atoms with van der Waals surface area (Å²) in [5.41, 5.74) is 1.31. The Labute approximate surface area is 111 Å². The van der Waals surface area contributed by atoms with Gasteiger partial charge in [0.15, 0.2) is 0 Å². The van der Waals surface area contributed by atoms with Crippen LogP contribution in [0, 0.1) is 5.92 Å². The number of fused-ring (bicyclic) bond motifs is 1. The van der Waals surface area contributed by atoms with E-state index in [0.29, 0.717) is 0 Å². The molecule has 3 nitrogen and oxygen atoms in total. The molecule has 0 amide bonds. The van der Waals surface area contributed by atoms with Gasteiger partial charge in [0.1, 0.15) is 11.9 Å². The van der Waals surface area contributed by atoms with Gasteiger partial charge in [-0.1, -0.05) is 36.4 Å². The lowest BCUT2D eigenvalue weighted by atomic mass is 9.79. The fraction of sp³-hybridized carbons (Fsp3) is 0.188. The van der Waals surface area contributed by atoms with Gasteiger partial charge in [0, 0.05) is 29.8 Å². The first kappa shape index (κ1) is 11.9. The highest BCUT2D eigenvalue weighted by molar-refractivity contribution is 5.85. The number of hydrogen-bond donors (Lipinski definition) is 1. The number of aromatic amines is 1. The minimum atomic E-state index is -0.726. The normalized spacial score (nSPS) is 25.8. The van der Waals surface area contributed by atoms with Gasteiger partial charge in [0.25, 0.3) is 0 Å². The highest BCUT2D eigenvalue weighted by Crippen LogP contribution is 2.40. The van der Waals surface area contributed by atoms with Gasteiger partial charge in [-0.05, 0) is 12.1 Å². The zero-order valence-electron chi connectivity index (χ0n) is 10.7. The van der Waals surface area contributed by atoms with E-state index in [1.54, 1.807) is 7.11 Å². The summed E-state index contributed by atoms with van der Waals surface area (Å²) in [6.45, 7) is 0. The second-order valence-electron chi connectivity index (χ2n) is 4.65. The standard InChI is InChI=1S/C16H15NO2/c1-19-16(9-5-4-6-12(16)11-18)14-10-17-15-8-3-2-7-13(14)15/h2-12,17H,1H3. The van der Waals surface area contributed by atoms with Crippen molar-refractivity contribution in [2.75, 3.05) is 7.11 Å². The topological polar surface area (TPSA) is 42.1 Å². The van der Waals surface area contributed by atoms with Crippen LogP contribution < -0.4 is 0 Å². The third kappa shape index (κ3) is 1.66. The van der Waals surface area contributed by atoms with E-state index in [0.717, 1.165) is 22.8 Å². The molecule has 1 N–H and O–H groups in total. The number of para-hydroxylation sites is 1. The number of ether oxygens (including phenoxy) is 1. The van der Waals surface area contributed by atoms with Crippen LogP contribution in [-0.2, 0) is 15.1 Å². The maximum atomic E-state index is 11.4. The summed E-state index contributed by atoms with van der Waals surface area (Å²) >= 11 is 0. The monoisotopic (exact) mass is 253 g/mol. The van der Waals surface area contributed by atoms with E-state index in [9.17, 15) is 4.79 Å². The number of methoxy groups -OCH3 is 1. The smallest absolute Gasteiger partial charge is 0.130 e. The molecular weight excluding hydrogens is 238 g/mol. The van der Waals surface area contributed by atoms with Gasteiger partial charge in [-0.2, -0.15) is 0 Å². The van der Waals surface area contributed by atoms with Crippen LogP contribution in [0.25, 0.3) is 10.9 Å². The molecule has 1 aromatic heterocycles. The first-order chi connectivity index (χ1) is 9.31. The number of rotatable bonds is 3. The third-order valence-electron chi connectivity index (χ3n) is 3.76. The number of nitrogens with one attached hydrogen (secondary N) is 1. The van der Waals surface area contributed by atoms with E-state index in [-0.39, 0.29) is 5.92 Å². The van der Waals surface area contributed by atoms with Gasteiger partial charge >= 0.3 is 0 Å². The molecule has 3 rings (SSSR count). The Morgan fingerprint density at radius 2 is 2.16 bits per heavy atom. The van der Waals surface area contributed by atoms with Crippen molar-refractivity contribution in [3.05, 3.63) is 60.3 Å². The number of H-pyrrole nitrogens is 1. The van der Waals surface area contributed by atoms with Crippen LogP contribution in [0.2, 0.25) is 0 Å². The minimum Gasteiger partial charge on any atom is -0.368 e. The van der Waals surface area contributed by atoms with Gasteiger partial charge in [0.2, 0.25) is 0 Å². The number of benzene rings is 1. The Morgan fingerprint density at radius 1 is 1.32 bits per heavy atom. The van der Waals surface area contributed by atoms with Crippen molar-refractivity contribution < 1.29 is 9.53 Å². The van der Waals surface area contributed by atoms with Gasteiger partial charge < -0.3 is 14.5 Å². The van der Waals surface area contributed by atoms with Crippen molar-refractivity contribution in [3.8, 4) is 0 Å². The number of carbonyl (C=O) groups is 1. The van der Waals surface area contributed by atoms with Crippen molar-refractivity contribution in [1.29, 1.82) is 0 Å². The van der Waals surface area contributed by atoms with Crippen LogP contribution in [-0.4, -0.2) is 18.4 Å². The van der Waals surface area contributed by atoms with Gasteiger partial charge in [-0.25, -0.2) is 0 Å². The Hall–Kier alpha value is -2.13. The molecule has 0 fully saturated rings. The van der Waals surface area contributed by atoms with E-state index in [2.05, 4.69) is 4.98 Å². The molecule has 0 saturated heterocycles. The van der Waals surface area contributed by atoms with Crippen LogP contribution >= 0.6 is 0 Å². The number of carbonyl (C=O) groups excluding carboxylic acids is 1. The number of hydrogen-bond acceptors (Lipinski definition) is 2. The Bertz CT molecular complexity index is 668. The number of aldehydes is 1. The molecule has 0 radical (unpaired) electrons. The van der Waals surface area contributed by atoms with Crippen LogP contribution in [0.5, 0.6) is 0 Å². The maximum Gasteiger partial charge on any atom is 0.130 e. The molecule has 1 aliphatic rings. The molecule has 1 aliphatic carbocycles. The first-order valence-corrected chi connectivity index (χ1v) is 6.25. The molecule has 2 aromatic rings. The zero-order valence-corrected chi connectivity index (χ0v) is 10.7. The van der Waals surface area contributed by atoms with E-state index in [1.165, 1.54) is 0 Å². The lowest BCUT2D eigenvalue weighted by Crippen LogP contribution is -2.36. The van der Waals surface area contributed by atoms with Crippen LogP contribution in [0.1, 0.15) is 5.56 Å². The van der Waals surface area contributed by atoms with Gasteiger partial charge in [0.05, 0.1) is 5.92 Å². The van der Waals surface area contributed by atoms with Crippen LogP contribution in [0.4, 0.5) is 0 Å². The Kier molecular flexibility index (Phi) is 2.84. The molecule has 1 heterocycles. The molecule has 2 unspecified atom stereocenters. The summed E-state index contributed by atoms with van der Waals surface area (Å²) in [5.74, 6) is -0.318. The van der Waals surface area contributed by atoms with Crippen LogP contribution in [0.3, 0.4) is 0 Å². The minimum absolute atomic E-state index is 0.318. The summed E-state index contributed by atoms with van der Waals surface area (Å²) in [4.78, 5) is 14.6. The molecule has 19 heavy (non-hydrogen) atoms. The average Bonchev–Trinajstić information content (AvgIpc) is 2.91. The number of allylic oxidation sites excluding steroid dienone is 2. The summed E-state index contributed by atoms with van der Waals surface area (Å²) < 4.78 is 5.75. The Morgan fingerprint density at radius 3 is 2.95 bits per heavy atom. The van der Waals surface area contributed by atoms with Crippen LogP contribution in [0.15, 0.2) is 54.8 Å². The van der Waals surface area contributed by atoms with Crippen molar-refractivity contribution in [1.82, 2.24) is 4.98 Å². The fourth-order valence-electron chi connectivity index (χ4n) is 2.76. The first-order valence-electron chi connectivity index (χ1n) is 6.25. The fourth-order valence-corrected chi connectivity index (χ4v) is 2.76. The molecular formula is C16H15NO2. The van der Waals surface area contributed by atoms with Gasteiger partial charge in [-0.15, -0.1) is 0 Å². The average molecular weight is 253 g/mol. The van der Waals surface area contributed by atoms with Crippen molar-refractivity contribution >= 4 is 17.2 Å². The van der Waals surface area contributed by atoms with Crippen molar-refractivity contribution in [3.63, 3.8) is 0 Å². The second-order valence-corrected chi connectivity index (χ2v) is 4.65. The van der Waals surface area contributed by atoms with Gasteiger partial charge in [-0.3, -0.25) is 0 Å². The molecule has 0 spiro atoms.